The zero-order chi connectivity index (χ0) is 21.0. The van der Waals surface area contributed by atoms with Gasteiger partial charge < -0.3 is 0 Å². The Bertz CT molecular complexity index is 886. The number of hydrogen-bond donors (Lipinski definition) is 0. The Morgan fingerprint density at radius 2 is 1.41 bits per heavy atom. The van der Waals surface area contributed by atoms with Crippen LogP contribution in [0.4, 0.5) is 0 Å². The van der Waals surface area contributed by atoms with Crippen LogP contribution in [-0.2, 0) is 6.42 Å². The minimum Gasteiger partial charge on any atom is -0.0775 e. The molecular weight excluding hydrogens is 364 g/mol. The van der Waals surface area contributed by atoms with E-state index in [1.807, 2.05) is 0 Å². The first-order chi connectivity index (χ1) is 13.9. The van der Waals surface area contributed by atoms with Crippen molar-refractivity contribution >= 4 is 14.7 Å². The second kappa shape index (κ2) is 9.76. The lowest BCUT2D eigenvalue weighted by atomic mass is 9.91. The van der Waals surface area contributed by atoms with E-state index in [0.29, 0.717) is 5.92 Å². The van der Waals surface area contributed by atoms with Crippen molar-refractivity contribution in [2.24, 2.45) is 5.92 Å². The van der Waals surface area contributed by atoms with Gasteiger partial charge in [0.05, 0.1) is 9.52 Å². The van der Waals surface area contributed by atoms with Crippen molar-refractivity contribution in [2.75, 3.05) is 0 Å². The highest BCUT2D eigenvalue weighted by Crippen LogP contribution is 2.32. The van der Waals surface area contributed by atoms with E-state index in [1.54, 1.807) is 27.1 Å². The molecule has 1 aliphatic rings. The van der Waals surface area contributed by atoms with Crippen LogP contribution in [0.3, 0.4) is 0 Å². The first kappa shape index (κ1) is 21.8. The van der Waals surface area contributed by atoms with Crippen molar-refractivity contribution in [2.45, 2.75) is 73.6 Å². The van der Waals surface area contributed by atoms with E-state index in [1.165, 1.54) is 47.9 Å². The standard InChI is InChI=1S/C28H38Si/c1-7-8-10-15-25-16-17-27(26(25)18-24-13-11-9-12-14-24)29-28-22(5)20(3)19(2)21(4)23(28)6/h9,11-14,16-17,25H,7-8,10,15,18,29H2,1-6H3. The van der Waals surface area contributed by atoms with Crippen LogP contribution >= 0.6 is 0 Å². The summed E-state index contributed by atoms with van der Waals surface area (Å²) in [4.78, 5) is 0. The van der Waals surface area contributed by atoms with Crippen LogP contribution in [0.5, 0.6) is 0 Å². The molecule has 1 atom stereocenters. The van der Waals surface area contributed by atoms with Gasteiger partial charge in [0, 0.05) is 0 Å². The molecule has 154 valence electrons. The Morgan fingerprint density at radius 1 is 0.793 bits per heavy atom. The molecule has 1 unspecified atom stereocenters. The van der Waals surface area contributed by atoms with Gasteiger partial charge in [-0.15, -0.1) is 0 Å². The van der Waals surface area contributed by atoms with Crippen LogP contribution < -0.4 is 5.19 Å². The fourth-order valence-corrected chi connectivity index (χ4v) is 7.15. The summed E-state index contributed by atoms with van der Waals surface area (Å²) in [5.41, 5.74) is 10.8. The summed E-state index contributed by atoms with van der Waals surface area (Å²) in [7, 11) is -0.482. The molecule has 2 aromatic rings. The molecule has 3 rings (SSSR count). The molecule has 2 aromatic carbocycles. The third-order valence-electron chi connectivity index (χ3n) is 7.27. The van der Waals surface area contributed by atoms with Gasteiger partial charge in [-0.05, 0) is 86.8 Å². The van der Waals surface area contributed by atoms with Gasteiger partial charge in [-0.2, -0.15) is 0 Å². The molecule has 1 heteroatoms. The smallest absolute Gasteiger partial charge is 0.0775 e. The normalized spacial score (nSPS) is 16.6. The van der Waals surface area contributed by atoms with E-state index >= 15 is 0 Å². The number of rotatable bonds is 8. The molecule has 0 aliphatic heterocycles. The molecule has 0 radical (unpaired) electrons. The van der Waals surface area contributed by atoms with Gasteiger partial charge in [-0.25, -0.2) is 0 Å². The van der Waals surface area contributed by atoms with Crippen LogP contribution in [0.15, 0.2) is 53.3 Å². The maximum atomic E-state index is 2.52. The fourth-order valence-electron chi connectivity index (χ4n) is 4.84. The summed E-state index contributed by atoms with van der Waals surface area (Å²) in [5, 5.41) is 3.38. The lowest BCUT2D eigenvalue weighted by molar-refractivity contribution is 0.589. The van der Waals surface area contributed by atoms with Crippen LogP contribution in [0.1, 0.15) is 66.0 Å². The highest BCUT2D eigenvalue weighted by Gasteiger charge is 2.22. The highest BCUT2D eigenvalue weighted by atomic mass is 28.2. The Kier molecular flexibility index (Phi) is 7.35. The molecule has 1 aliphatic carbocycles. The molecule has 0 amide bonds. The Balaban J connectivity index is 1.96. The van der Waals surface area contributed by atoms with Gasteiger partial charge in [-0.3, -0.25) is 0 Å². The number of allylic oxidation sites excluding steroid dienone is 4. The summed E-state index contributed by atoms with van der Waals surface area (Å²) < 4.78 is 0. The fraction of sp³-hybridized carbons (Fsp3) is 0.429. The zero-order valence-electron chi connectivity index (χ0n) is 19.4. The minimum absolute atomic E-state index is 0.482. The van der Waals surface area contributed by atoms with Crippen molar-refractivity contribution in [3.63, 3.8) is 0 Å². The predicted molar refractivity (Wildman–Crippen MR) is 132 cm³/mol. The van der Waals surface area contributed by atoms with E-state index in [-0.39, 0.29) is 0 Å². The molecule has 0 bridgehead atoms. The molecule has 0 nitrogen and oxygen atoms in total. The second-order valence-corrected chi connectivity index (χ2v) is 10.8. The Hall–Kier alpha value is -1.86. The molecule has 0 heterocycles. The van der Waals surface area contributed by atoms with Crippen LogP contribution in [0.25, 0.3) is 0 Å². The van der Waals surface area contributed by atoms with E-state index in [9.17, 15) is 0 Å². The predicted octanol–water partition coefficient (Wildman–Crippen LogP) is 6.29. The number of unbranched alkanes of at least 4 members (excludes halogenated alkanes) is 2. The molecule has 29 heavy (non-hydrogen) atoms. The van der Waals surface area contributed by atoms with Crippen molar-refractivity contribution < 1.29 is 0 Å². The molecule has 0 N–H and O–H groups in total. The largest absolute Gasteiger partial charge is 0.0882 e. The lowest BCUT2D eigenvalue weighted by Gasteiger charge is -2.21. The third kappa shape index (κ3) is 4.83. The highest BCUT2D eigenvalue weighted by molar-refractivity contribution is 6.63. The Labute approximate surface area is 181 Å². The first-order valence-electron chi connectivity index (χ1n) is 11.4. The van der Waals surface area contributed by atoms with Crippen molar-refractivity contribution in [1.29, 1.82) is 0 Å². The molecule has 0 spiro atoms. The Morgan fingerprint density at radius 3 is 2.03 bits per heavy atom. The molecular formula is C28H38Si. The van der Waals surface area contributed by atoms with E-state index in [4.69, 9.17) is 0 Å². The summed E-state index contributed by atoms with van der Waals surface area (Å²) in [6, 6.07) is 11.1. The van der Waals surface area contributed by atoms with Gasteiger partial charge in [0.1, 0.15) is 0 Å². The second-order valence-electron chi connectivity index (χ2n) is 8.95. The SMILES string of the molecule is CCCCCC1C=CC([SiH2]c2c(C)c(C)c(C)c(C)c2C)=C1Cc1ccccc1. The lowest BCUT2D eigenvalue weighted by Crippen LogP contribution is -2.26. The van der Waals surface area contributed by atoms with Gasteiger partial charge in [0.15, 0.2) is 0 Å². The molecule has 0 aromatic heterocycles. The zero-order valence-corrected chi connectivity index (χ0v) is 20.8. The van der Waals surface area contributed by atoms with Crippen LogP contribution in [0.2, 0.25) is 0 Å². The maximum Gasteiger partial charge on any atom is 0.0882 e. The monoisotopic (exact) mass is 402 g/mol. The van der Waals surface area contributed by atoms with Crippen LogP contribution in [0, 0.1) is 40.5 Å². The van der Waals surface area contributed by atoms with Crippen molar-refractivity contribution in [1.82, 2.24) is 0 Å². The molecule has 0 saturated carbocycles. The van der Waals surface area contributed by atoms with Crippen molar-refractivity contribution in [3.05, 3.63) is 86.6 Å². The molecule has 0 saturated heterocycles. The number of benzene rings is 2. The third-order valence-corrected chi connectivity index (χ3v) is 9.75. The van der Waals surface area contributed by atoms with Crippen molar-refractivity contribution in [3.8, 4) is 0 Å². The van der Waals surface area contributed by atoms with E-state index < -0.39 is 9.52 Å². The number of hydrogen-bond acceptors (Lipinski definition) is 0. The van der Waals surface area contributed by atoms with Gasteiger partial charge in [-0.1, -0.05) is 84.6 Å². The first-order valence-corrected chi connectivity index (χ1v) is 12.8. The topological polar surface area (TPSA) is 0 Å². The average molecular weight is 403 g/mol. The summed E-state index contributed by atoms with van der Waals surface area (Å²) in [6.07, 6.45) is 11.5. The van der Waals surface area contributed by atoms with E-state index in [2.05, 4.69) is 84.0 Å². The van der Waals surface area contributed by atoms with Gasteiger partial charge in [0.25, 0.3) is 0 Å². The van der Waals surface area contributed by atoms with Gasteiger partial charge >= 0.3 is 0 Å². The summed E-state index contributed by atoms with van der Waals surface area (Å²) in [6.45, 7) is 13.9. The van der Waals surface area contributed by atoms with E-state index in [0.717, 1.165) is 6.42 Å². The quantitative estimate of drug-likeness (QED) is 0.360. The summed E-state index contributed by atoms with van der Waals surface area (Å²) >= 11 is 0. The molecule has 0 fully saturated rings. The average Bonchev–Trinajstić information content (AvgIpc) is 3.10. The van der Waals surface area contributed by atoms with Crippen LogP contribution in [-0.4, -0.2) is 9.52 Å². The maximum absolute atomic E-state index is 2.52. The minimum atomic E-state index is -0.482. The summed E-state index contributed by atoms with van der Waals surface area (Å²) in [5.74, 6) is 0.650. The van der Waals surface area contributed by atoms with Gasteiger partial charge in [0.2, 0.25) is 0 Å².